The van der Waals surface area contributed by atoms with Gasteiger partial charge < -0.3 is 19.6 Å². The van der Waals surface area contributed by atoms with Crippen LogP contribution >= 0.6 is 0 Å². The van der Waals surface area contributed by atoms with Crippen LogP contribution in [0.4, 0.5) is 4.79 Å². The number of amides is 2. The fraction of sp³-hybridized carbons (Fsp3) is 0.857. The first-order valence-corrected chi connectivity index (χ1v) is 7.45. The van der Waals surface area contributed by atoms with E-state index < -0.39 is 12.0 Å². The maximum Gasteiger partial charge on any atom is 0.326 e. The van der Waals surface area contributed by atoms with Crippen molar-refractivity contribution < 1.29 is 19.4 Å². The first-order valence-electron chi connectivity index (χ1n) is 7.45. The van der Waals surface area contributed by atoms with Gasteiger partial charge in [-0.2, -0.15) is 0 Å². The van der Waals surface area contributed by atoms with E-state index in [2.05, 4.69) is 0 Å². The number of aliphatic carboxylic acids is 1. The van der Waals surface area contributed by atoms with E-state index in [-0.39, 0.29) is 12.1 Å². The Morgan fingerprint density at radius 1 is 1.15 bits per heavy atom. The van der Waals surface area contributed by atoms with Gasteiger partial charge in [0.1, 0.15) is 6.04 Å². The van der Waals surface area contributed by atoms with E-state index in [1.54, 1.807) is 16.8 Å². The summed E-state index contributed by atoms with van der Waals surface area (Å²) in [6, 6.07) is -0.660. The average Bonchev–Trinajstić information content (AvgIpc) is 2.72. The van der Waals surface area contributed by atoms with Crippen molar-refractivity contribution in [2.24, 2.45) is 0 Å². The molecule has 0 radical (unpaired) electrons. The second kappa shape index (κ2) is 6.92. The lowest BCUT2D eigenvalue weighted by Crippen LogP contribution is -2.53. The lowest BCUT2D eigenvalue weighted by atomic mass is 10.1. The highest BCUT2D eigenvalue weighted by Crippen LogP contribution is 2.21. The van der Waals surface area contributed by atoms with Gasteiger partial charge in [0.15, 0.2) is 0 Å². The Kier molecular flexibility index (Phi) is 5.23. The Labute approximate surface area is 119 Å². The van der Waals surface area contributed by atoms with Crippen LogP contribution in [0, 0.1) is 0 Å². The van der Waals surface area contributed by atoms with Crippen LogP contribution < -0.4 is 0 Å². The van der Waals surface area contributed by atoms with Crippen molar-refractivity contribution in [2.75, 3.05) is 26.8 Å². The third-order valence-electron chi connectivity index (χ3n) is 4.32. The van der Waals surface area contributed by atoms with E-state index in [0.29, 0.717) is 26.2 Å². The highest BCUT2D eigenvalue weighted by atomic mass is 16.5. The Bertz CT molecular complexity index is 355. The fourth-order valence-electron chi connectivity index (χ4n) is 3.03. The monoisotopic (exact) mass is 284 g/mol. The predicted molar refractivity (Wildman–Crippen MR) is 73.6 cm³/mol. The normalized spacial score (nSPS) is 25.1. The SMILES string of the molecule is CN(C(=O)N1CCCCCC1C(=O)O)C1CCOCC1. The largest absolute Gasteiger partial charge is 0.480 e. The zero-order valence-electron chi connectivity index (χ0n) is 12.1. The molecule has 0 aromatic carbocycles. The number of carbonyl (C=O) groups is 2. The van der Waals surface area contributed by atoms with Crippen molar-refractivity contribution in [3.05, 3.63) is 0 Å². The molecule has 2 aliphatic rings. The van der Waals surface area contributed by atoms with Gasteiger partial charge in [0.05, 0.1) is 0 Å². The number of nitrogens with zero attached hydrogens (tertiary/aromatic N) is 2. The molecule has 0 spiro atoms. The van der Waals surface area contributed by atoms with Gasteiger partial charge in [-0.25, -0.2) is 9.59 Å². The molecule has 0 aromatic heterocycles. The summed E-state index contributed by atoms with van der Waals surface area (Å²) in [6.45, 7) is 1.89. The molecule has 114 valence electrons. The topological polar surface area (TPSA) is 70.1 Å². The summed E-state index contributed by atoms with van der Waals surface area (Å²) in [4.78, 5) is 27.3. The van der Waals surface area contributed by atoms with Crippen LogP contribution in [0.2, 0.25) is 0 Å². The maximum absolute atomic E-state index is 12.6. The summed E-state index contributed by atoms with van der Waals surface area (Å²) in [7, 11) is 1.78. The van der Waals surface area contributed by atoms with Gasteiger partial charge in [0.25, 0.3) is 0 Å². The van der Waals surface area contributed by atoms with Crippen LogP contribution in [0.15, 0.2) is 0 Å². The van der Waals surface area contributed by atoms with Gasteiger partial charge in [-0.15, -0.1) is 0 Å². The van der Waals surface area contributed by atoms with Gasteiger partial charge >= 0.3 is 12.0 Å². The van der Waals surface area contributed by atoms with E-state index in [1.165, 1.54) is 0 Å². The highest BCUT2D eigenvalue weighted by molar-refractivity contribution is 5.82. The minimum absolute atomic E-state index is 0.147. The molecule has 0 bridgehead atoms. The zero-order chi connectivity index (χ0) is 14.5. The molecule has 1 N–H and O–H groups in total. The van der Waals surface area contributed by atoms with Crippen molar-refractivity contribution in [1.82, 2.24) is 9.80 Å². The van der Waals surface area contributed by atoms with Gasteiger partial charge in [-0.3, -0.25) is 0 Å². The molecule has 2 heterocycles. The van der Waals surface area contributed by atoms with Crippen molar-refractivity contribution in [2.45, 2.75) is 50.6 Å². The minimum Gasteiger partial charge on any atom is -0.480 e. The number of urea groups is 1. The average molecular weight is 284 g/mol. The van der Waals surface area contributed by atoms with E-state index in [0.717, 1.165) is 32.1 Å². The molecule has 2 aliphatic heterocycles. The Morgan fingerprint density at radius 2 is 1.85 bits per heavy atom. The van der Waals surface area contributed by atoms with Gasteiger partial charge in [0, 0.05) is 32.8 Å². The molecule has 2 rings (SSSR count). The standard InChI is InChI=1S/C14H24N2O4/c1-15(11-6-9-20-10-7-11)14(19)16-8-4-2-3-5-12(16)13(17)18/h11-12H,2-10H2,1H3,(H,17,18). The lowest BCUT2D eigenvalue weighted by molar-refractivity contribution is -0.142. The molecular weight excluding hydrogens is 260 g/mol. The number of carbonyl (C=O) groups excluding carboxylic acids is 1. The van der Waals surface area contributed by atoms with Crippen LogP contribution in [0.25, 0.3) is 0 Å². The number of ether oxygens (including phenoxy) is 1. The molecule has 0 saturated carbocycles. The van der Waals surface area contributed by atoms with E-state index in [9.17, 15) is 14.7 Å². The van der Waals surface area contributed by atoms with Crippen molar-refractivity contribution in [3.8, 4) is 0 Å². The predicted octanol–water partition coefficient (Wildman–Crippen LogP) is 1.55. The molecule has 2 fully saturated rings. The Hall–Kier alpha value is -1.30. The lowest BCUT2D eigenvalue weighted by Gasteiger charge is -2.37. The molecule has 0 aromatic rings. The number of hydrogen-bond donors (Lipinski definition) is 1. The van der Waals surface area contributed by atoms with Crippen LogP contribution in [0.3, 0.4) is 0 Å². The van der Waals surface area contributed by atoms with Gasteiger partial charge in [-0.1, -0.05) is 12.8 Å². The Balaban J connectivity index is 2.05. The summed E-state index contributed by atoms with van der Waals surface area (Å²) in [6.07, 6.45) is 4.97. The maximum atomic E-state index is 12.6. The van der Waals surface area contributed by atoms with Crippen LogP contribution in [-0.4, -0.2) is 65.8 Å². The van der Waals surface area contributed by atoms with Gasteiger partial charge in [-0.05, 0) is 25.7 Å². The number of carboxylic acid groups (broad SMARTS) is 1. The summed E-state index contributed by atoms with van der Waals surface area (Å²) < 4.78 is 5.31. The van der Waals surface area contributed by atoms with E-state index in [1.807, 2.05) is 0 Å². The summed E-state index contributed by atoms with van der Waals surface area (Å²) in [5.41, 5.74) is 0. The molecule has 1 atom stereocenters. The molecule has 6 nitrogen and oxygen atoms in total. The fourth-order valence-corrected chi connectivity index (χ4v) is 3.03. The third-order valence-corrected chi connectivity index (χ3v) is 4.32. The number of rotatable bonds is 2. The number of hydrogen-bond acceptors (Lipinski definition) is 3. The van der Waals surface area contributed by atoms with Crippen molar-refractivity contribution in [3.63, 3.8) is 0 Å². The molecular formula is C14H24N2O4. The first-order chi connectivity index (χ1) is 9.61. The van der Waals surface area contributed by atoms with Crippen LogP contribution in [0.5, 0.6) is 0 Å². The second-order valence-electron chi connectivity index (χ2n) is 5.63. The summed E-state index contributed by atoms with van der Waals surface area (Å²) >= 11 is 0. The van der Waals surface area contributed by atoms with Crippen molar-refractivity contribution in [1.29, 1.82) is 0 Å². The number of likely N-dealkylation sites (tertiary alicyclic amines) is 1. The molecule has 1 unspecified atom stereocenters. The van der Waals surface area contributed by atoms with Crippen LogP contribution in [0.1, 0.15) is 38.5 Å². The molecule has 2 amide bonds. The van der Waals surface area contributed by atoms with E-state index >= 15 is 0 Å². The second-order valence-corrected chi connectivity index (χ2v) is 5.63. The molecule has 6 heteroatoms. The van der Waals surface area contributed by atoms with Crippen molar-refractivity contribution >= 4 is 12.0 Å². The summed E-state index contributed by atoms with van der Waals surface area (Å²) in [5.74, 6) is -0.888. The molecule has 2 saturated heterocycles. The first kappa shape index (κ1) is 15.1. The third kappa shape index (κ3) is 3.42. The quantitative estimate of drug-likeness (QED) is 0.835. The molecule has 20 heavy (non-hydrogen) atoms. The van der Waals surface area contributed by atoms with Crippen LogP contribution in [-0.2, 0) is 9.53 Å². The Morgan fingerprint density at radius 3 is 2.50 bits per heavy atom. The summed E-state index contributed by atoms with van der Waals surface area (Å²) in [5, 5.41) is 9.34. The minimum atomic E-state index is -0.888. The molecule has 0 aliphatic carbocycles. The smallest absolute Gasteiger partial charge is 0.326 e. The zero-order valence-corrected chi connectivity index (χ0v) is 12.1. The van der Waals surface area contributed by atoms with Gasteiger partial charge in [0.2, 0.25) is 0 Å². The van der Waals surface area contributed by atoms with E-state index in [4.69, 9.17) is 4.74 Å². The number of carboxylic acids is 1. The highest BCUT2D eigenvalue weighted by Gasteiger charge is 2.34.